The summed E-state index contributed by atoms with van der Waals surface area (Å²) in [5, 5.41) is 3.18. The van der Waals surface area contributed by atoms with Crippen LogP contribution in [0.4, 0.5) is 5.82 Å². The molecule has 1 N–H and O–H groups in total. The molecule has 2 rings (SSSR count). The summed E-state index contributed by atoms with van der Waals surface area (Å²) in [5.41, 5.74) is 0. The van der Waals surface area contributed by atoms with Crippen molar-refractivity contribution in [1.82, 2.24) is 9.97 Å². The van der Waals surface area contributed by atoms with Gasteiger partial charge in [-0.2, -0.15) is 4.98 Å². The zero-order valence-electron chi connectivity index (χ0n) is 11.3. The van der Waals surface area contributed by atoms with Crippen LogP contribution >= 0.6 is 31.9 Å². The summed E-state index contributed by atoms with van der Waals surface area (Å²) in [5.74, 6) is 2.79. The van der Waals surface area contributed by atoms with Crippen LogP contribution < -0.4 is 10.1 Å². The number of hydrogen-bond donors (Lipinski definition) is 1. The number of hydrogen-bond acceptors (Lipinski definition) is 4. The SMILES string of the molecule is CCNc1cc(Oc2ccc(Br)cc2Br)nc(CC)n1. The largest absolute Gasteiger partial charge is 0.438 e. The molecule has 0 bridgehead atoms. The van der Waals surface area contributed by atoms with Crippen LogP contribution in [-0.4, -0.2) is 16.5 Å². The minimum absolute atomic E-state index is 0.538. The predicted octanol–water partition coefficient (Wildman–Crippen LogP) is 4.79. The second-order valence-electron chi connectivity index (χ2n) is 4.07. The maximum Gasteiger partial charge on any atom is 0.224 e. The first kappa shape index (κ1) is 15.3. The number of halogens is 2. The first-order chi connectivity index (χ1) is 9.62. The van der Waals surface area contributed by atoms with Crippen LogP contribution in [0.2, 0.25) is 0 Å². The van der Waals surface area contributed by atoms with Gasteiger partial charge in [0.05, 0.1) is 4.47 Å². The average Bonchev–Trinajstić information content (AvgIpc) is 2.42. The van der Waals surface area contributed by atoms with E-state index >= 15 is 0 Å². The molecule has 0 atom stereocenters. The molecule has 0 aliphatic rings. The standard InChI is InChI=1S/C14H15Br2N3O/c1-3-12-18-13(17-4-2)8-14(19-12)20-11-6-5-9(15)7-10(11)16/h5-8H,3-4H2,1-2H3,(H,17,18,19). The normalized spacial score (nSPS) is 10.4. The predicted molar refractivity (Wildman–Crippen MR) is 87.5 cm³/mol. The zero-order chi connectivity index (χ0) is 14.5. The Morgan fingerprint density at radius 1 is 1.15 bits per heavy atom. The van der Waals surface area contributed by atoms with Gasteiger partial charge in [0, 0.05) is 23.5 Å². The highest BCUT2D eigenvalue weighted by atomic mass is 79.9. The van der Waals surface area contributed by atoms with Gasteiger partial charge in [0.25, 0.3) is 0 Å². The van der Waals surface area contributed by atoms with Gasteiger partial charge in [-0.15, -0.1) is 0 Å². The van der Waals surface area contributed by atoms with Crippen molar-refractivity contribution < 1.29 is 4.74 Å². The number of nitrogens with zero attached hydrogens (tertiary/aromatic N) is 2. The number of nitrogens with one attached hydrogen (secondary N) is 1. The van der Waals surface area contributed by atoms with E-state index in [-0.39, 0.29) is 0 Å². The quantitative estimate of drug-likeness (QED) is 0.783. The lowest BCUT2D eigenvalue weighted by Crippen LogP contribution is -2.04. The molecule has 2 aromatic rings. The molecule has 106 valence electrons. The van der Waals surface area contributed by atoms with E-state index in [1.54, 1.807) is 6.07 Å². The molecular weight excluding hydrogens is 386 g/mol. The first-order valence-corrected chi connectivity index (χ1v) is 7.95. The summed E-state index contributed by atoms with van der Waals surface area (Å²) in [6, 6.07) is 7.54. The lowest BCUT2D eigenvalue weighted by atomic mass is 10.3. The Morgan fingerprint density at radius 3 is 2.60 bits per heavy atom. The van der Waals surface area contributed by atoms with Crippen LogP contribution in [0, 0.1) is 0 Å². The maximum absolute atomic E-state index is 5.83. The molecule has 0 aliphatic carbocycles. The summed E-state index contributed by atoms with van der Waals surface area (Å²) < 4.78 is 7.69. The Labute approximate surface area is 135 Å². The van der Waals surface area contributed by atoms with Crippen LogP contribution in [0.1, 0.15) is 19.7 Å². The maximum atomic E-state index is 5.83. The third-order valence-corrected chi connectivity index (χ3v) is 3.64. The minimum Gasteiger partial charge on any atom is -0.438 e. The highest BCUT2D eigenvalue weighted by Gasteiger charge is 2.08. The van der Waals surface area contributed by atoms with Crippen LogP contribution in [0.25, 0.3) is 0 Å². The van der Waals surface area contributed by atoms with Crippen molar-refractivity contribution in [2.45, 2.75) is 20.3 Å². The Kier molecular flexibility index (Phi) is 5.37. The number of rotatable bonds is 5. The van der Waals surface area contributed by atoms with Crippen molar-refractivity contribution in [3.8, 4) is 11.6 Å². The number of ether oxygens (including phenoxy) is 1. The molecule has 0 fully saturated rings. The fourth-order valence-corrected chi connectivity index (χ4v) is 2.75. The van der Waals surface area contributed by atoms with Gasteiger partial charge in [0.15, 0.2) is 0 Å². The minimum atomic E-state index is 0.538. The molecule has 0 aliphatic heterocycles. The van der Waals surface area contributed by atoms with E-state index in [9.17, 15) is 0 Å². The van der Waals surface area contributed by atoms with E-state index in [2.05, 4.69) is 47.1 Å². The monoisotopic (exact) mass is 399 g/mol. The van der Waals surface area contributed by atoms with Crippen molar-refractivity contribution in [3.63, 3.8) is 0 Å². The van der Waals surface area contributed by atoms with E-state index in [0.29, 0.717) is 5.88 Å². The Hall–Kier alpha value is -1.14. The molecule has 6 heteroatoms. The summed E-state index contributed by atoms with van der Waals surface area (Å²) in [7, 11) is 0. The molecule has 1 heterocycles. The lowest BCUT2D eigenvalue weighted by molar-refractivity contribution is 0.456. The second kappa shape index (κ2) is 7.04. The number of aromatic nitrogens is 2. The third-order valence-electron chi connectivity index (χ3n) is 2.53. The molecular formula is C14H15Br2N3O. The first-order valence-electron chi connectivity index (χ1n) is 6.37. The molecule has 0 saturated carbocycles. The molecule has 1 aromatic heterocycles. The molecule has 0 radical (unpaired) electrons. The number of benzene rings is 1. The van der Waals surface area contributed by atoms with Crippen LogP contribution in [0.3, 0.4) is 0 Å². The molecule has 20 heavy (non-hydrogen) atoms. The zero-order valence-corrected chi connectivity index (χ0v) is 14.5. The van der Waals surface area contributed by atoms with Crippen molar-refractivity contribution in [1.29, 1.82) is 0 Å². The van der Waals surface area contributed by atoms with Crippen LogP contribution in [0.15, 0.2) is 33.2 Å². The van der Waals surface area contributed by atoms with Crippen LogP contribution in [-0.2, 0) is 6.42 Å². The highest BCUT2D eigenvalue weighted by molar-refractivity contribution is 9.11. The van der Waals surface area contributed by atoms with Gasteiger partial charge in [-0.25, -0.2) is 4.98 Å². The molecule has 4 nitrogen and oxygen atoms in total. The Morgan fingerprint density at radius 2 is 1.95 bits per heavy atom. The van der Waals surface area contributed by atoms with E-state index in [1.807, 2.05) is 32.0 Å². The lowest BCUT2D eigenvalue weighted by Gasteiger charge is -2.10. The van der Waals surface area contributed by atoms with Gasteiger partial charge in [-0.3, -0.25) is 0 Å². The van der Waals surface area contributed by atoms with E-state index in [1.165, 1.54) is 0 Å². The molecule has 0 amide bonds. The van der Waals surface area contributed by atoms with Gasteiger partial charge in [0.1, 0.15) is 17.4 Å². The summed E-state index contributed by atoms with van der Waals surface area (Å²) >= 11 is 6.89. The summed E-state index contributed by atoms with van der Waals surface area (Å²) in [6.45, 7) is 4.85. The van der Waals surface area contributed by atoms with Crippen molar-refractivity contribution >= 4 is 37.7 Å². The van der Waals surface area contributed by atoms with Gasteiger partial charge in [-0.05, 0) is 41.1 Å². The number of aryl methyl sites for hydroxylation is 1. The van der Waals surface area contributed by atoms with Gasteiger partial charge in [0.2, 0.25) is 5.88 Å². The topological polar surface area (TPSA) is 47.0 Å². The Balaban J connectivity index is 2.29. The molecule has 0 saturated heterocycles. The van der Waals surface area contributed by atoms with Crippen molar-refractivity contribution in [2.75, 3.05) is 11.9 Å². The fourth-order valence-electron chi connectivity index (χ4n) is 1.63. The van der Waals surface area contributed by atoms with Crippen molar-refractivity contribution in [3.05, 3.63) is 39.0 Å². The smallest absolute Gasteiger partial charge is 0.224 e. The summed E-state index contributed by atoms with van der Waals surface area (Å²) in [6.07, 6.45) is 0.761. The van der Waals surface area contributed by atoms with Gasteiger partial charge < -0.3 is 10.1 Å². The van der Waals surface area contributed by atoms with E-state index in [4.69, 9.17) is 4.74 Å². The van der Waals surface area contributed by atoms with E-state index < -0.39 is 0 Å². The fraction of sp³-hybridized carbons (Fsp3) is 0.286. The molecule has 1 aromatic carbocycles. The average molecular weight is 401 g/mol. The Bertz CT molecular complexity index is 605. The number of anilines is 1. The second-order valence-corrected chi connectivity index (χ2v) is 5.84. The van der Waals surface area contributed by atoms with Crippen molar-refractivity contribution in [2.24, 2.45) is 0 Å². The molecule has 0 unspecified atom stereocenters. The van der Waals surface area contributed by atoms with Gasteiger partial charge in [-0.1, -0.05) is 22.9 Å². The van der Waals surface area contributed by atoms with Gasteiger partial charge >= 0.3 is 0 Å². The molecule has 0 spiro atoms. The highest BCUT2D eigenvalue weighted by Crippen LogP contribution is 2.31. The third kappa shape index (κ3) is 3.93. The van der Waals surface area contributed by atoms with Crippen LogP contribution in [0.5, 0.6) is 11.6 Å². The van der Waals surface area contributed by atoms with E-state index in [0.717, 1.165) is 39.3 Å². The summed E-state index contributed by atoms with van der Waals surface area (Å²) in [4.78, 5) is 8.79.